The van der Waals surface area contributed by atoms with Crippen LogP contribution in [0, 0.1) is 23.2 Å². The number of rotatable bonds is 5. The molecule has 5 nitrogen and oxygen atoms in total. The number of Topliss-reactive ketones (excluding diaryl/α,β-unsaturated/α-hetero) is 2. The number of carbonyl (C=O) groups is 4. The van der Waals surface area contributed by atoms with Crippen LogP contribution in [0.25, 0.3) is 0 Å². The molecule has 5 rings (SSSR count). The molecule has 1 saturated heterocycles. The summed E-state index contributed by atoms with van der Waals surface area (Å²) in [6, 6.07) is 19.3. The Hall–Kier alpha value is -3.64. The molecule has 0 bridgehead atoms. The molecule has 2 aromatic carbocycles. The molecule has 2 aliphatic carbocycles. The number of nitrogens with zero attached hydrogens (tertiary/aromatic N) is 1. The number of hydrogen-bond donors (Lipinski definition) is 0. The predicted molar refractivity (Wildman–Crippen MR) is 173 cm³/mol. The Kier molecular flexibility index (Phi) is 8.71. The lowest BCUT2D eigenvalue weighted by molar-refractivity contribution is -0.147. The maximum atomic E-state index is 15.1. The van der Waals surface area contributed by atoms with Crippen LogP contribution in [0.1, 0.15) is 49.0 Å². The van der Waals surface area contributed by atoms with E-state index in [0.29, 0.717) is 30.4 Å². The zero-order valence-electron chi connectivity index (χ0n) is 26.0. The summed E-state index contributed by atoms with van der Waals surface area (Å²) in [6.45, 7) is 10.9. The summed E-state index contributed by atoms with van der Waals surface area (Å²) in [4.78, 5) is 58.3. The first-order valence-electron chi connectivity index (χ1n) is 15.5. The fourth-order valence-corrected chi connectivity index (χ4v) is 9.21. The highest BCUT2D eigenvalue weighted by molar-refractivity contribution is 6.76. The lowest BCUT2D eigenvalue weighted by atomic mass is 9.54. The molecule has 0 N–H and O–H groups in total. The molecule has 2 amide bonds. The monoisotopic (exact) mass is 593 g/mol. The predicted octanol–water partition coefficient (Wildman–Crippen LogP) is 7.24. The summed E-state index contributed by atoms with van der Waals surface area (Å²) in [7, 11) is -1.57. The van der Waals surface area contributed by atoms with E-state index in [1.165, 1.54) is 10.5 Å². The molecule has 0 unspecified atom stereocenters. The van der Waals surface area contributed by atoms with Crippen molar-refractivity contribution in [2.45, 2.75) is 71.3 Å². The minimum absolute atomic E-state index is 0.0142. The van der Waals surface area contributed by atoms with Gasteiger partial charge in [-0.25, -0.2) is 0 Å². The number of imide groups is 1. The minimum atomic E-state index is -1.57. The first-order valence-corrected chi connectivity index (χ1v) is 19.2. The fourth-order valence-electron chi connectivity index (χ4n) is 7.54. The molecule has 5 atom stereocenters. The van der Waals surface area contributed by atoms with Gasteiger partial charge in [0.05, 0.1) is 0 Å². The van der Waals surface area contributed by atoms with Gasteiger partial charge in [-0.15, -0.1) is 0 Å². The van der Waals surface area contributed by atoms with Crippen molar-refractivity contribution in [3.05, 3.63) is 107 Å². The highest BCUT2D eigenvalue weighted by Gasteiger charge is 2.69. The molecule has 6 heteroatoms. The van der Waals surface area contributed by atoms with Gasteiger partial charge in [-0.05, 0) is 55.0 Å². The summed E-state index contributed by atoms with van der Waals surface area (Å²) in [5.74, 6) is -1.93. The van der Waals surface area contributed by atoms with Crippen LogP contribution in [-0.2, 0) is 20.8 Å². The van der Waals surface area contributed by atoms with Crippen LogP contribution in [-0.4, -0.2) is 42.4 Å². The van der Waals surface area contributed by atoms with E-state index in [1.807, 2.05) is 48.6 Å². The van der Waals surface area contributed by atoms with Crippen LogP contribution < -0.4 is 0 Å². The second-order valence-corrected chi connectivity index (χ2v) is 19.2. The van der Waals surface area contributed by atoms with E-state index in [1.54, 1.807) is 37.3 Å². The summed E-state index contributed by atoms with van der Waals surface area (Å²) in [5.41, 5.74) is 1.85. The summed E-state index contributed by atoms with van der Waals surface area (Å²) >= 11 is 0. The van der Waals surface area contributed by atoms with Gasteiger partial charge in [0.15, 0.2) is 11.6 Å². The number of likely N-dealkylation sites (tertiary alicyclic amines) is 1. The summed E-state index contributed by atoms with van der Waals surface area (Å²) < 4.78 is 0. The van der Waals surface area contributed by atoms with E-state index in [2.05, 4.69) is 32.6 Å². The van der Waals surface area contributed by atoms with Gasteiger partial charge >= 0.3 is 0 Å². The molecule has 0 saturated carbocycles. The van der Waals surface area contributed by atoms with Crippen molar-refractivity contribution in [1.82, 2.24) is 4.90 Å². The lowest BCUT2D eigenvalue weighted by Crippen LogP contribution is -2.53. The zero-order chi connectivity index (χ0) is 30.9. The van der Waals surface area contributed by atoms with Gasteiger partial charge in [0, 0.05) is 44.4 Å². The molecule has 1 heterocycles. The Labute approximate surface area is 256 Å². The van der Waals surface area contributed by atoms with E-state index in [0.717, 1.165) is 11.6 Å². The normalized spacial score (nSPS) is 30.0. The van der Waals surface area contributed by atoms with Gasteiger partial charge in [-0.2, -0.15) is 0 Å². The van der Waals surface area contributed by atoms with Gasteiger partial charge in [0.1, 0.15) is 5.41 Å². The van der Waals surface area contributed by atoms with Gasteiger partial charge in [0.2, 0.25) is 5.91 Å². The lowest BCUT2D eigenvalue weighted by Gasteiger charge is -2.46. The molecule has 1 fully saturated rings. The molecule has 3 aliphatic rings. The number of ketones is 2. The van der Waals surface area contributed by atoms with Crippen molar-refractivity contribution in [2.75, 3.05) is 0 Å². The van der Waals surface area contributed by atoms with E-state index >= 15 is 4.79 Å². The second-order valence-electron chi connectivity index (χ2n) is 13.7. The largest absolute Gasteiger partial charge is 0.298 e. The smallest absolute Gasteiger partial charge is 0.260 e. The Bertz CT molecular complexity index is 1500. The van der Waals surface area contributed by atoms with Crippen molar-refractivity contribution in [1.29, 1.82) is 0 Å². The average Bonchev–Trinajstić information content (AvgIpc) is 3.23. The van der Waals surface area contributed by atoms with Crippen molar-refractivity contribution in [3.63, 3.8) is 0 Å². The molecule has 0 aromatic heterocycles. The molecule has 224 valence electrons. The Morgan fingerprint density at radius 3 is 2.28 bits per heavy atom. The molecular formula is C37H43NO4Si. The van der Waals surface area contributed by atoms with E-state index < -0.39 is 37.3 Å². The van der Waals surface area contributed by atoms with Crippen molar-refractivity contribution in [2.24, 2.45) is 23.2 Å². The zero-order valence-corrected chi connectivity index (χ0v) is 27.0. The van der Waals surface area contributed by atoms with Crippen LogP contribution in [0.3, 0.4) is 0 Å². The number of carbonyl (C=O) groups excluding carboxylic acids is 4. The maximum absolute atomic E-state index is 15.1. The van der Waals surface area contributed by atoms with E-state index in [9.17, 15) is 14.4 Å². The van der Waals surface area contributed by atoms with Crippen molar-refractivity contribution < 1.29 is 19.2 Å². The second kappa shape index (κ2) is 12.2. The van der Waals surface area contributed by atoms with Crippen LogP contribution in [0.15, 0.2) is 96.1 Å². The third-order valence-corrected chi connectivity index (χ3v) is 11.0. The third kappa shape index (κ3) is 5.82. The van der Waals surface area contributed by atoms with Crippen LogP contribution in [0.5, 0.6) is 0 Å². The Balaban J connectivity index is 1.76. The molecule has 43 heavy (non-hydrogen) atoms. The standard InChI is InChI=1S/C37H43NO4Si/c1-25-20-21-33(40)37-30(18-12-13-19-32(25)39)23-29(24-43(3,4)5)26(2)34(37)31(22-27-14-8-6-9-15-27)38(36(37)42)35(41)28-16-10-7-11-17-28/h6-12,14-18,20,23,26,30-31,34H,13,19,21-22,24H2,1-5H3/b18-12+,25-20-/t26-,30+,31+,34+,37-/m1/s1. The van der Waals surface area contributed by atoms with Gasteiger partial charge in [-0.3, -0.25) is 24.1 Å². The fraction of sp³-hybridized carbons (Fsp3) is 0.405. The number of allylic oxidation sites excluding steroid dienone is 6. The number of amides is 2. The quantitative estimate of drug-likeness (QED) is 0.159. The molecule has 1 spiro atoms. The van der Waals surface area contributed by atoms with Gasteiger partial charge < -0.3 is 0 Å². The Morgan fingerprint density at radius 1 is 0.977 bits per heavy atom. The van der Waals surface area contributed by atoms with Crippen molar-refractivity contribution in [3.8, 4) is 0 Å². The van der Waals surface area contributed by atoms with Crippen LogP contribution in [0.4, 0.5) is 0 Å². The Morgan fingerprint density at radius 2 is 1.63 bits per heavy atom. The van der Waals surface area contributed by atoms with Gasteiger partial charge in [-0.1, -0.05) is 105 Å². The SMILES string of the molecule is C/C1=C/CC(=O)[C@@]23C(=O)N(C(=O)c4ccccc4)[C@@H](Cc4ccccc4)[C@@H]2[C@H](C)C(C[Si](C)(C)C)=C[C@@H]3/C=C/CCC1=O. The average molecular weight is 594 g/mol. The summed E-state index contributed by atoms with van der Waals surface area (Å²) in [6.07, 6.45) is 9.19. The van der Waals surface area contributed by atoms with Crippen LogP contribution in [0.2, 0.25) is 25.7 Å². The highest BCUT2D eigenvalue weighted by atomic mass is 28.3. The highest BCUT2D eigenvalue weighted by Crippen LogP contribution is 2.58. The van der Waals surface area contributed by atoms with Crippen LogP contribution >= 0.6 is 0 Å². The topological polar surface area (TPSA) is 71.5 Å². The minimum Gasteiger partial charge on any atom is -0.298 e. The molecule has 0 radical (unpaired) electrons. The summed E-state index contributed by atoms with van der Waals surface area (Å²) in [5, 5.41) is 0. The number of hydrogen-bond acceptors (Lipinski definition) is 4. The molecular weight excluding hydrogens is 550 g/mol. The van der Waals surface area contributed by atoms with E-state index in [4.69, 9.17) is 0 Å². The maximum Gasteiger partial charge on any atom is 0.260 e. The first kappa shape index (κ1) is 30.8. The van der Waals surface area contributed by atoms with Crippen molar-refractivity contribution >= 4 is 31.5 Å². The molecule has 1 aliphatic heterocycles. The number of benzene rings is 2. The third-order valence-electron chi connectivity index (χ3n) is 9.53. The van der Waals surface area contributed by atoms with E-state index in [-0.39, 0.29) is 29.8 Å². The first-order chi connectivity index (χ1) is 20.4. The molecule has 2 aromatic rings. The van der Waals surface area contributed by atoms with Gasteiger partial charge in [0.25, 0.3) is 5.91 Å².